The molecule has 0 saturated carbocycles. The van der Waals surface area contributed by atoms with Crippen LogP contribution in [0.3, 0.4) is 0 Å². The van der Waals surface area contributed by atoms with Crippen molar-refractivity contribution in [2.75, 3.05) is 20.3 Å². The molecule has 21 heavy (non-hydrogen) atoms. The average molecular weight is 327 g/mol. The second-order valence-corrected chi connectivity index (χ2v) is 5.10. The highest BCUT2D eigenvalue weighted by molar-refractivity contribution is 6.37. The van der Waals surface area contributed by atoms with Gasteiger partial charge in [0.1, 0.15) is 6.61 Å². The molecule has 2 rings (SSSR count). The first kappa shape index (κ1) is 15.9. The SMILES string of the molecule is COc1c(Cl)cc(CNCCOc2ccccn2)cc1Cl. The first-order valence-corrected chi connectivity index (χ1v) is 7.22. The summed E-state index contributed by atoms with van der Waals surface area (Å²) in [6.45, 7) is 1.88. The molecule has 0 saturated heterocycles. The van der Waals surface area contributed by atoms with E-state index in [2.05, 4.69) is 10.3 Å². The van der Waals surface area contributed by atoms with Gasteiger partial charge in [-0.15, -0.1) is 0 Å². The van der Waals surface area contributed by atoms with Crippen LogP contribution < -0.4 is 14.8 Å². The zero-order valence-corrected chi connectivity index (χ0v) is 13.1. The molecule has 0 bridgehead atoms. The summed E-state index contributed by atoms with van der Waals surface area (Å²) in [7, 11) is 1.54. The second-order valence-electron chi connectivity index (χ2n) is 4.29. The Balaban J connectivity index is 1.76. The molecule has 0 aliphatic heterocycles. The fourth-order valence-electron chi connectivity index (χ4n) is 1.80. The van der Waals surface area contributed by atoms with Gasteiger partial charge in [-0.2, -0.15) is 0 Å². The van der Waals surface area contributed by atoms with Crippen LogP contribution in [0.4, 0.5) is 0 Å². The van der Waals surface area contributed by atoms with Crippen LogP contribution in [0, 0.1) is 0 Å². The van der Waals surface area contributed by atoms with Crippen molar-refractivity contribution in [3.05, 3.63) is 52.1 Å². The van der Waals surface area contributed by atoms with Crippen LogP contribution in [0.5, 0.6) is 11.6 Å². The van der Waals surface area contributed by atoms with Crippen LogP contribution in [-0.2, 0) is 6.54 Å². The topological polar surface area (TPSA) is 43.4 Å². The summed E-state index contributed by atoms with van der Waals surface area (Å²) in [4.78, 5) is 4.08. The molecule has 0 atom stereocenters. The summed E-state index contributed by atoms with van der Waals surface area (Å²) < 4.78 is 10.6. The lowest BCUT2D eigenvalue weighted by Gasteiger charge is -2.10. The van der Waals surface area contributed by atoms with E-state index >= 15 is 0 Å². The maximum absolute atomic E-state index is 6.08. The number of hydrogen-bond acceptors (Lipinski definition) is 4. The van der Waals surface area contributed by atoms with Crippen molar-refractivity contribution < 1.29 is 9.47 Å². The highest BCUT2D eigenvalue weighted by Gasteiger charge is 2.08. The number of nitrogens with one attached hydrogen (secondary N) is 1. The number of hydrogen-bond donors (Lipinski definition) is 1. The minimum atomic E-state index is 0.501. The van der Waals surface area contributed by atoms with Crippen LogP contribution in [0.1, 0.15) is 5.56 Å². The van der Waals surface area contributed by atoms with Crippen molar-refractivity contribution in [3.8, 4) is 11.6 Å². The van der Waals surface area contributed by atoms with Gasteiger partial charge in [0.25, 0.3) is 0 Å². The van der Waals surface area contributed by atoms with Gasteiger partial charge < -0.3 is 14.8 Å². The molecule has 1 heterocycles. The molecule has 0 aliphatic rings. The van der Waals surface area contributed by atoms with Gasteiger partial charge in [0.15, 0.2) is 5.75 Å². The van der Waals surface area contributed by atoms with Crippen molar-refractivity contribution in [1.29, 1.82) is 0 Å². The Morgan fingerprint density at radius 1 is 1.19 bits per heavy atom. The lowest BCUT2D eigenvalue weighted by molar-refractivity contribution is 0.302. The lowest BCUT2D eigenvalue weighted by atomic mass is 10.2. The molecule has 1 aromatic carbocycles. The summed E-state index contributed by atoms with van der Waals surface area (Å²) in [5.41, 5.74) is 0.989. The molecule has 0 amide bonds. The van der Waals surface area contributed by atoms with E-state index in [1.807, 2.05) is 30.3 Å². The molecule has 1 N–H and O–H groups in total. The Morgan fingerprint density at radius 2 is 1.95 bits per heavy atom. The second kappa shape index (κ2) is 8.08. The van der Waals surface area contributed by atoms with Crippen molar-refractivity contribution in [2.45, 2.75) is 6.54 Å². The predicted molar refractivity (Wildman–Crippen MR) is 84.5 cm³/mol. The summed E-state index contributed by atoms with van der Waals surface area (Å²) in [5, 5.41) is 4.27. The van der Waals surface area contributed by atoms with Crippen molar-refractivity contribution in [3.63, 3.8) is 0 Å². The van der Waals surface area contributed by atoms with E-state index < -0.39 is 0 Å². The first-order valence-electron chi connectivity index (χ1n) is 6.47. The maximum atomic E-state index is 6.08. The van der Waals surface area contributed by atoms with E-state index in [4.69, 9.17) is 32.7 Å². The number of nitrogens with zero attached hydrogens (tertiary/aromatic N) is 1. The van der Waals surface area contributed by atoms with Crippen LogP contribution in [0.2, 0.25) is 10.0 Å². The number of pyridine rings is 1. The summed E-state index contributed by atoms with van der Waals surface area (Å²) in [6.07, 6.45) is 1.70. The molecule has 112 valence electrons. The Morgan fingerprint density at radius 3 is 2.57 bits per heavy atom. The monoisotopic (exact) mass is 326 g/mol. The Kier molecular flexibility index (Phi) is 6.11. The number of ether oxygens (including phenoxy) is 2. The van der Waals surface area contributed by atoms with E-state index in [-0.39, 0.29) is 0 Å². The van der Waals surface area contributed by atoms with Gasteiger partial charge in [0.05, 0.1) is 17.2 Å². The molecule has 1 aromatic heterocycles. The highest BCUT2D eigenvalue weighted by atomic mass is 35.5. The van der Waals surface area contributed by atoms with Crippen LogP contribution >= 0.6 is 23.2 Å². The molecular weight excluding hydrogens is 311 g/mol. The van der Waals surface area contributed by atoms with Crippen molar-refractivity contribution in [1.82, 2.24) is 10.3 Å². The molecule has 2 aromatic rings. The van der Waals surface area contributed by atoms with Gasteiger partial charge in [0.2, 0.25) is 5.88 Å². The van der Waals surface area contributed by atoms with E-state index in [1.54, 1.807) is 13.3 Å². The normalized spacial score (nSPS) is 10.4. The van der Waals surface area contributed by atoms with Gasteiger partial charge in [-0.05, 0) is 23.8 Å². The molecular formula is C15H16Cl2N2O2. The van der Waals surface area contributed by atoms with E-state index in [1.165, 1.54) is 0 Å². The van der Waals surface area contributed by atoms with Gasteiger partial charge in [-0.25, -0.2) is 4.98 Å². The third-order valence-corrected chi connectivity index (χ3v) is 3.32. The Hall–Kier alpha value is -1.49. The number of halogens is 2. The number of methoxy groups -OCH3 is 1. The minimum absolute atomic E-state index is 0.501. The zero-order chi connectivity index (χ0) is 15.1. The predicted octanol–water partition coefficient (Wildman–Crippen LogP) is 3.57. The Labute approximate surface area is 134 Å². The maximum Gasteiger partial charge on any atom is 0.213 e. The van der Waals surface area contributed by atoms with Crippen LogP contribution in [0.15, 0.2) is 36.5 Å². The van der Waals surface area contributed by atoms with E-state index in [0.29, 0.717) is 41.4 Å². The van der Waals surface area contributed by atoms with Crippen molar-refractivity contribution >= 4 is 23.2 Å². The molecule has 0 fully saturated rings. The number of aromatic nitrogens is 1. The number of benzene rings is 1. The summed E-state index contributed by atoms with van der Waals surface area (Å²) in [6, 6.07) is 9.22. The fraction of sp³-hybridized carbons (Fsp3) is 0.267. The lowest BCUT2D eigenvalue weighted by Crippen LogP contribution is -2.20. The zero-order valence-electron chi connectivity index (χ0n) is 11.6. The standard InChI is InChI=1S/C15H16Cl2N2O2/c1-20-15-12(16)8-11(9-13(15)17)10-18-6-7-21-14-4-2-3-5-19-14/h2-5,8-9,18H,6-7,10H2,1H3. The molecule has 0 radical (unpaired) electrons. The molecule has 0 spiro atoms. The largest absolute Gasteiger partial charge is 0.494 e. The van der Waals surface area contributed by atoms with Gasteiger partial charge in [0, 0.05) is 25.4 Å². The first-order chi connectivity index (χ1) is 10.2. The van der Waals surface area contributed by atoms with Gasteiger partial charge in [-0.3, -0.25) is 0 Å². The van der Waals surface area contributed by atoms with Gasteiger partial charge >= 0.3 is 0 Å². The van der Waals surface area contributed by atoms with Crippen LogP contribution in [-0.4, -0.2) is 25.2 Å². The molecule has 4 nitrogen and oxygen atoms in total. The molecule has 0 unspecified atom stereocenters. The van der Waals surface area contributed by atoms with E-state index in [0.717, 1.165) is 5.56 Å². The minimum Gasteiger partial charge on any atom is -0.494 e. The molecule has 6 heteroatoms. The van der Waals surface area contributed by atoms with Gasteiger partial charge in [-0.1, -0.05) is 29.3 Å². The molecule has 0 aliphatic carbocycles. The number of rotatable bonds is 7. The average Bonchev–Trinajstić information content (AvgIpc) is 2.48. The summed E-state index contributed by atoms with van der Waals surface area (Å²) >= 11 is 12.2. The van der Waals surface area contributed by atoms with Crippen LogP contribution in [0.25, 0.3) is 0 Å². The highest BCUT2D eigenvalue weighted by Crippen LogP contribution is 2.33. The third kappa shape index (κ3) is 4.77. The third-order valence-electron chi connectivity index (χ3n) is 2.76. The smallest absolute Gasteiger partial charge is 0.213 e. The van der Waals surface area contributed by atoms with Crippen molar-refractivity contribution in [2.24, 2.45) is 0 Å². The van der Waals surface area contributed by atoms with E-state index in [9.17, 15) is 0 Å². The Bertz CT molecular complexity index is 556. The fourth-order valence-corrected chi connectivity index (χ4v) is 2.49. The quantitative estimate of drug-likeness (QED) is 0.790. The summed E-state index contributed by atoms with van der Waals surface area (Å²) in [5.74, 6) is 1.12.